The van der Waals surface area contributed by atoms with E-state index < -0.39 is 0 Å². The highest BCUT2D eigenvalue weighted by Gasteiger charge is 2.33. The third kappa shape index (κ3) is 3.45. The zero-order valence-corrected chi connectivity index (χ0v) is 16.3. The molecule has 2 aliphatic heterocycles. The van der Waals surface area contributed by atoms with Gasteiger partial charge in [-0.1, -0.05) is 11.6 Å². The lowest BCUT2D eigenvalue weighted by molar-refractivity contribution is -0.133. The lowest BCUT2D eigenvalue weighted by Gasteiger charge is -2.19. The average molecular weight is 391 g/mol. The van der Waals surface area contributed by atoms with Gasteiger partial charge in [0.2, 0.25) is 11.8 Å². The number of likely N-dealkylation sites (tertiary alicyclic amines) is 1. The Morgan fingerprint density at radius 3 is 2.78 bits per heavy atom. The van der Waals surface area contributed by atoms with Crippen molar-refractivity contribution in [2.24, 2.45) is 0 Å². The molecule has 1 fully saturated rings. The molecule has 4 rings (SSSR count). The number of nitrogens with zero attached hydrogens (tertiary/aromatic N) is 6. The summed E-state index contributed by atoms with van der Waals surface area (Å²) in [6.07, 6.45) is 4.69. The van der Waals surface area contributed by atoms with Crippen molar-refractivity contribution in [2.75, 3.05) is 6.54 Å². The molecule has 0 radical (unpaired) electrons. The summed E-state index contributed by atoms with van der Waals surface area (Å²) in [6, 6.07) is 0.196. The fourth-order valence-electron chi connectivity index (χ4n) is 3.78. The molecule has 0 unspecified atom stereocenters. The Morgan fingerprint density at radius 1 is 1.33 bits per heavy atom. The fourth-order valence-corrected chi connectivity index (χ4v) is 3.94. The molecular formula is C18H23ClN6O2. The van der Waals surface area contributed by atoms with Crippen molar-refractivity contribution in [1.82, 2.24) is 29.4 Å². The number of fused-ring (bicyclic) bond motifs is 1. The third-order valence-corrected chi connectivity index (χ3v) is 5.34. The second kappa shape index (κ2) is 6.99. The van der Waals surface area contributed by atoms with E-state index in [9.17, 15) is 9.59 Å². The molecule has 0 aromatic carbocycles. The van der Waals surface area contributed by atoms with Crippen LogP contribution in [0.15, 0.2) is 12.4 Å². The lowest BCUT2D eigenvalue weighted by atomic mass is 10.2. The molecule has 2 aliphatic rings. The van der Waals surface area contributed by atoms with E-state index in [1.165, 1.54) is 6.20 Å². The van der Waals surface area contributed by atoms with Crippen LogP contribution in [-0.4, -0.2) is 47.7 Å². The minimum atomic E-state index is -0.00975. The van der Waals surface area contributed by atoms with Gasteiger partial charge in [-0.15, -0.1) is 0 Å². The molecule has 0 aliphatic carbocycles. The molecule has 2 aromatic heterocycles. The highest BCUT2D eigenvalue weighted by atomic mass is 35.5. The number of amides is 2. The highest BCUT2D eigenvalue weighted by Crippen LogP contribution is 2.30. The van der Waals surface area contributed by atoms with E-state index >= 15 is 0 Å². The van der Waals surface area contributed by atoms with Crippen LogP contribution in [0.1, 0.15) is 49.7 Å². The van der Waals surface area contributed by atoms with Crippen LogP contribution in [0.2, 0.25) is 5.02 Å². The highest BCUT2D eigenvalue weighted by molar-refractivity contribution is 6.30. The number of hydrogen-bond acceptors (Lipinski definition) is 4. The standard InChI is InChI=1S/C18H23ClN6O2/c1-12(2)25-16-10-23(18(27)11-24-7-13(19)6-20-24)8-14(16)15(21-25)9-22-5-3-4-17(22)26/h6-7,12H,3-5,8-11H2,1-2H3. The molecule has 0 spiro atoms. The van der Waals surface area contributed by atoms with Gasteiger partial charge in [-0.3, -0.25) is 19.0 Å². The van der Waals surface area contributed by atoms with Crippen LogP contribution >= 0.6 is 11.6 Å². The minimum Gasteiger partial charge on any atom is -0.337 e. The van der Waals surface area contributed by atoms with Gasteiger partial charge in [0.15, 0.2) is 0 Å². The molecule has 8 nitrogen and oxygen atoms in total. The van der Waals surface area contributed by atoms with Crippen LogP contribution in [0.25, 0.3) is 0 Å². The summed E-state index contributed by atoms with van der Waals surface area (Å²) in [7, 11) is 0. The second-order valence-corrected chi connectivity index (χ2v) is 7.87. The maximum Gasteiger partial charge on any atom is 0.244 e. The van der Waals surface area contributed by atoms with Crippen LogP contribution in [0, 0.1) is 0 Å². The summed E-state index contributed by atoms with van der Waals surface area (Å²) < 4.78 is 3.54. The molecule has 2 amide bonds. The molecule has 27 heavy (non-hydrogen) atoms. The Balaban J connectivity index is 1.53. The first-order chi connectivity index (χ1) is 12.9. The monoisotopic (exact) mass is 390 g/mol. The van der Waals surface area contributed by atoms with Crippen molar-refractivity contribution in [3.63, 3.8) is 0 Å². The smallest absolute Gasteiger partial charge is 0.244 e. The van der Waals surface area contributed by atoms with Gasteiger partial charge in [0.1, 0.15) is 6.54 Å². The Kier molecular flexibility index (Phi) is 4.67. The predicted molar refractivity (Wildman–Crippen MR) is 98.8 cm³/mol. The molecule has 0 N–H and O–H groups in total. The van der Waals surface area contributed by atoms with Crippen molar-refractivity contribution in [3.8, 4) is 0 Å². The van der Waals surface area contributed by atoms with Crippen LogP contribution in [0.3, 0.4) is 0 Å². The van der Waals surface area contributed by atoms with Crippen molar-refractivity contribution >= 4 is 23.4 Å². The van der Waals surface area contributed by atoms with E-state index in [4.69, 9.17) is 16.7 Å². The van der Waals surface area contributed by atoms with Crippen molar-refractivity contribution in [3.05, 3.63) is 34.4 Å². The van der Waals surface area contributed by atoms with Crippen LogP contribution in [0.5, 0.6) is 0 Å². The van der Waals surface area contributed by atoms with Gasteiger partial charge in [0, 0.05) is 37.3 Å². The Morgan fingerprint density at radius 2 is 2.15 bits per heavy atom. The van der Waals surface area contributed by atoms with E-state index in [-0.39, 0.29) is 24.4 Å². The van der Waals surface area contributed by atoms with Crippen molar-refractivity contribution in [2.45, 2.75) is 58.9 Å². The number of carbonyl (C=O) groups excluding carboxylic acids is 2. The lowest BCUT2D eigenvalue weighted by Crippen LogP contribution is -2.30. The number of aromatic nitrogens is 4. The van der Waals surface area contributed by atoms with Crippen LogP contribution < -0.4 is 0 Å². The molecule has 2 aromatic rings. The summed E-state index contributed by atoms with van der Waals surface area (Å²) in [6.45, 7) is 6.67. The third-order valence-electron chi connectivity index (χ3n) is 5.14. The summed E-state index contributed by atoms with van der Waals surface area (Å²) >= 11 is 5.88. The van der Waals surface area contributed by atoms with E-state index in [2.05, 4.69) is 18.9 Å². The van der Waals surface area contributed by atoms with Gasteiger partial charge >= 0.3 is 0 Å². The Hall–Kier alpha value is -2.35. The predicted octanol–water partition coefficient (Wildman–Crippen LogP) is 1.98. The SMILES string of the molecule is CC(C)n1nc(CN2CCCC2=O)c2c1CN(C(=O)Cn1cc(Cl)cn1)C2. The minimum absolute atomic E-state index is 0.00975. The van der Waals surface area contributed by atoms with E-state index in [0.717, 1.165) is 29.9 Å². The summed E-state index contributed by atoms with van der Waals surface area (Å²) in [5.74, 6) is 0.175. The summed E-state index contributed by atoms with van der Waals surface area (Å²) in [5.41, 5.74) is 3.06. The molecule has 1 saturated heterocycles. The number of halogens is 1. The topological polar surface area (TPSA) is 76.3 Å². The first-order valence-corrected chi connectivity index (χ1v) is 9.63. The average Bonchev–Trinajstić information content (AvgIpc) is 3.35. The van der Waals surface area contributed by atoms with Gasteiger partial charge < -0.3 is 9.80 Å². The maximum atomic E-state index is 12.7. The molecule has 9 heteroatoms. The zero-order chi connectivity index (χ0) is 19.1. The molecular weight excluding hydrogens is 368 g/mol. The molecule has 4 heterocycles. The summed E-state index contributed by atoms with van der Waals surface area (Å²) in [4.78, 5) is 28.4. The van der Waals surface area contributed by atoms with E-state index in [0.29, 0.717) is 31.1 Å². The van der Waals surface area contributed by atoms with Gasteiger partial charge in [-0.05, 0) is 20.3 Å². The molecule has 144 valence electrons. The van der Waals surface area contributed by atoms with Crippen molar-refractivity contribution < 1.29 is 9.59 Å². The first-order valence-electron chi connectivity index (χ1n) is 9.25. The van der Waals surface area contributed by atoms with Gasteiger partial charge in [-0.25, -0.2) is 0 Å². The van der Waals surface area contributed by atoms with Gasteiger partial charge in [0.25, 0.3) is 0 Å². The van der Waals surface area contributed by atoms with Crippen LogP contribution in [-0.2, 0) is 35.8 Å². The van der Waals surface area contributed by atoms with Gasteiger partial charge in [0.05, 0.1) is 35.7 Å². The van der Waals surface area contributed by atoms with Crippen molar-refractivity contribution in [1.29, 1.82) is 0 Å². The normalized spacial score (nSPS) is 16.7. The van der Waals surface area contributed by atoms with Crippen LogP contribution in [0.4, 0.5) is 0 Å². The van der Waals surface area contributed by atoms with Gasteiger partial charge in [-0.2, -0.15) is 10.2 Å². The van der Waals surface area contributed by atoms with E-state index in [1.54, 1.807) is 10.9 Å². The number of hydrogen-bond donors (Lipinski definition) is 0. The largest absolute Gasteiger partial charge is 0.337 e. The zero-order valence-electron chi connectivity index (χ0n) is 15.6. The number of carbonyl (C=O) groups is 2. The quantitative estimate of drug-likeness (QED) is 0.782. The Bertz CT molecular complexity index is 887. The number of rotatable bonds is 5. The maximum absolute atomic E-state index is 12.7. The first kappa shape index (κ1) is 18.0. The Labute approximate surface area is 162 Å². The molecule has 0 bridgehead atoms. The summed E-state index contributed by atoms with van der Waals surface area (Å²) in [5, 5.41) is 9.35. The molecule has 0 atom stereocenters. The van der Waals surface area contributed by atoms with E-state index in [1.807, 2.05) is 14.5 Å². The molecule has 0 saturated carbocycles. The second-order valence-electron chi connectivity index (χ2n) is 7.44. The fraction of sp³-hybridized carbons (Fsp3) is 0.556.